The van der Waals surface area contributed by atoms with Crippen LogP contribution in [0.3, 0.4) is 0 Å². The Morgan fingerprint density at radius 2 is 2.06 bits per heavy atom. The lowest BCUT2D eigenvalue weighted by molar-refractivity contribution is -0.201. The molecule has 1 atom stereocenters. The number of aliphatic hydroxyl groups is 1. The van der Waals surface area contributed by atoms with Crippen LogP contribution in [0.25, 0.3) is 0 Å². The summed E-state index contributed by atoms with van der Waals surface area (Å²) in [7, 11) is 0. The molecule has 1 aromatic carbocycles. The van der Waals surface area contributed by atoms with Crippen LogP contribution < -0.4 is 5.32 Å². The Labute approximate surface area is 105 Å². The van der Waals surface area contributed by atoms with Crippen molar-refractivity contribution in [3.05, 3.63) is 28.8 Å². The van der Waals surface area contributed by atoms with Gasteiger partial charge in [0.05, 0.1) is 17.1 Å². The van der Waals surface area contributed by atoms with Crippen LogP contribution in [-0.4, -0.2) is 34.9 Å². The molecule has 1 unspecified atom stereocenters. The molecule has 0 spiro atoms. The van der Waals surface area contributed by atoms with Gasteiger partial charge in [0.1, 0.15) is 5.75 Å². The summed E-state index contributed by atoms with van der Waals surface area (Å²) >= 11 is 5.64. The molecule has 0 aliphatic carbocycles. The molecule has 0 bridgehead atoms. The van der Waals surface area contributed by atoms with Gasteiger partial charge in [-0.2, -0.15) is 13.2 Å². The van der Waals surface area contributed by atoms with Crippen molar-refractivity contribution < 1.29 is 28.2 Å². The molecule has 0 fully saturated rings. The Kier molecular flexibility index (Phi) is 4.42. The Morgan fingerprint density at radius 1 is 1.44 bits per heavy atom. The van der Waals surface area contributed by atoms with Gasteiger partial charge in [0, 0.05) is 0 Å². The normalized spacial score (nSPS) is 13.2. The second-order valence-corrected chi connectivity index (χ2v) is 3.84. The first-order chi connectivity index (χ1) is 8.21. The second kappa shape index (κ2) is 5.45. The van der Waals surface area contributed by atoms with Gasteiger partial charge in [-0.25, -0.2) is 0 Å². The van der Waals surface area contributed by atoms with Crippen LogP contribution in [-0.2, 0) is 0 Å². The number of carbonyl (C=O) groups excluding carboxylic acids is 1. The van der Waals surface area contributed by atoms with Gasteiger partial charge >= 0.3 is 6.18 Å². The highest BCUT2D eigenvalue weighted by Gasteiger charge is 2.38. The number of carbonyl (C=O) groups is 1. The lowest BCUT2D eigenvalue weighted by Crippen LogP contribution is -2.40. The minimum atomic E-state index is -4.81. The summed E-state index contributed by atoms with van der Waals surface area (Å²) in [5.41, 5.74) is -0.175. The Bertz CT molecular complexity index is 450. The lowest BCUT2D eigenvalue weighted by atomic mass is 10.2. The van der Waals surface area contributed by atoms with Crippen molar-refractivity contribution in [3.8, 4) is 5.75 Å². The van der Waals surface area contributed by atoms with Crippen molar-refractivity contribution in [2.24, 2.45) is 0 Å². The van der Waals surface area contributed by atoms with Crippen molar-refractivity contribution in [2.45, 2.75) is 12.3 Å². The summed E-state index contributed by atoms with van der Waals surface area (Å²) in [5, 5.41) is 19.7. The van der Waals surface area contributed by atoms with E-state index in [4.69, 9.17) is 21.8 Å². The molecule has 0 aliphatic heterocycles. The van der Waals surface area contributed by atoms with Crippen LogP contribution >= 0.6 is 11.6 Å². The molecule has 1 amide bonds. The van der Waals surface area contributed by atoms with Crippen LogP contribution in [0.1, 0.15) is 10.4 Å². The molecule has 0 aromatic heterocycles. The summed E-state index contributed by atoms with van der Waals surface area (Å²) in [6.07, 6.45) is -7.46. The summed E-state index contributed by atoms with van der Waals surface area (Å²) < 4.78 is 35.9. The van der Waals surface area contributed by atoms with Gasteiger partial charge in [0.25, 0.3) is 5.91 Å². The molecule has 4 nitrogen and oxygen atoms in total. The molecular formula is C10H9ClF3NO3. The van der Waals surface area contributed by atoms with Crippen molar-refractivity contribution >= 4 is 17.5 Å². The van der Waals surface area contributed by atoms with Crippen LogP contribution in [0, 0.1) is 0 Å². The highest BCUT2D eigenvalue weighted by molar-refractivity contribution is 6.33. The Balaban J connectivity index is 2.69. The van der Waals surface area contributed by atoms with Gasteiger partial charge in [-0.15, -0.1) is 0 Å². The van der Waals surface area contributed by atoms with E-state index >= 15 is 0 Å². The van der Waals surface area contributed by atoms with Crippen LogP contribution in [0.5, 0.6) is 5.75 Å². The van der Waals surface area contributed by atoms with Gasteiger partial charge in [-0.1, -0.05) is 11.6 Å². The van der Waals surface area contributed by atoms with Crippen LogP contribution in [0.4, 0.5) is 13.2 Å². The maximum atomic E-state index is 12.0. The summed E-state index contributed by atoms with van der Waals surface area (Å²) in [6, 6.07) is 3.47. The van der Waals surface area contributed by atoms with E-state index in [9.17, 15) is 18.0 Å². The number of nitrogens with one attached hydrogen (secondary N) is 1. The number of benzene rings is 1. The highest BCUT2D eigenvalue weighted by atomic mass is 35.5. The van der Waals surface area contributed by atoms with Crippen molar-refractivity contribution in [3.63, 3.8) is 0 Å². The zero-order valence-corrected chi connectivity index (χ0v) is 9.59. The van der Waals surface area contributed by atoms with Gasteiger partial charge in [-0.05, 0) is 18.2 Å². The molecule has 0 aliphatic rings. The third kappa shape index (κ3) is 3.78. The first kappa shape index (κ1) is 14.6. The molecule has 0 saturated heterocycles. The third-order valence-electron chi connectivity index (χ3n) is 2.03. The number of alkyl halides is 3. The minimum absolute atomic E-state index is 0.0215. The molecule has 0 radical (unpaired) electrons. The van der Waals surface area contributed by atoms with E-state index in [0.717, 1.165) is 6.07 Å². The quantitative estimate of drug-likeness (QED) is 0.791. The van der Waals surface area contributed by atoms with Gasteiger partial charge in [0.15, 0.2) is 6.10 Å². The third-order valence-corrected chi connectivity index (χ3v) is 2.36. The average Bonchev–Trinajstić information content (AvgIpc) is 2.27. The number of rotatable bonds is 3. The fraction of sp³-hybridized carbons (Fsp3) is 0.300. The lowest BCUT2D eigenvalue weighted by Gasteiger charge is -2.15. The Hall–Kier alpha value is -1.47. The maximum Gasteiger partial charge on any atom is 0.416 e. The first-order valence-corrected chi connectivity index (χ1v) is 5.11. The highest BCUT2D eigenvalue weighted by Crippen LogP contribution is 2.22. The van der Waals surface area contributed by atoms with Crippen LogP contribution in [0.2, 0.25) is 5.02 Å². The van der Waals surface area contributed by atoms with Crippen molar-refractivity contribution in [1.82, 2.24) is 5.32 Å². The predicted octanol–water partition coefficient (Wildman–Crippen LogP) is 1.70. The summed E-state index contributed by atoms with van der Waals surface area (Å²) in [5.74, 6) is -1.17. The number of hydrogen-bond donors (Lipinski definition) is 3. The smallest absolute Gasteiger partial charge is 0.416 e. The first-order valence-electron chi connectivity index (χ1n) is 4.73. The maximum absolute atomic E-state index is 12.0. The number of aromatic hydroxyl groups is 1. The molecule has 0 saturated carbocycles. The molecule has 8 heteroatoms. The second-order valence-electron chi connectivity index (χ2n) is 3.43. The minimum Gasteiger partial charge on any atom is -0.508 e. The number of phenols is 1. The molecule has 1 rings (SSSR count). The van der Waals surface area contributed by atoms with Gasteiger partial charge < -0.3 is 15.5 Å². The summed E-state index contributed by atoms with van der Waals surface area (Å²) in [6.45, 7) is -0.992. The zero-order valence-electron chi connectivity index (χ0n) is 8.83. The van der Waals surface area contributed by atoms with Crippen molar-refractivity contribution in [1.29, 1.82) is 0 Å². The van der Waals surface area contributed by atoms with Crippen LogP contribution in [0.15, 0.2) is 18.2 Å². The topological polar surface area (TPSA) is 69.6 Å². The zero-order chi connectivity index (χ0) is 13.9. The SMILES string of the molecule is O=C(NCC(O)C(F)(F)F)c1cc(O)ccc1Cl. The standard InChI is InChI=1S/C10H9ClF3NO3/c11-7-2-1-5(16)3-6(7)9(18)15-4-8(17)10(12,13)14/h1-3,8,16-17H,4H2,(H,15,18). The molecule has 100 valence electrons. The van der Waals surface area contributed by atoms with E-state index in [2.05, 4.69) is 0 Å². The molecule has 1 aromatic rings. The number of hydrogen-bond acceptors (Lipinski definition) is 3. The van der Waals surface area contributed by atoms with E-state index in [-0.39, 0.29) is 16.3 Å². The van der Waals surface area contributed by atoms with E-state index in [1.165, 1.54) is 12.1 Å². The summed E-state index contributed by atoms with van der Waals surface area (Å²) in [4.78, 5) is 11.5. The molecule has 18 heavy (non-hydrogen) atoms. The number of halogens is 4. The number of amides is 1. The molecule has 3 N–H and O–H groups in total. The van der Waals surface area contributed by atoms with E-state index in [1.807, 2.05) is 5.32 Å². The fourth-order valence-electron chi connectivity index (χ4n) is 1.09. The largest absolute Gasteiger partial charge is 0.508 e. The van der Waals surface area contributed by atoms with E-state index in [0.29, 0.717) is 0 Å². The number of phenolic OH excluding ortho intramolecular Hbond substituents is 1. The predicted molar refractivity (Wildman–Crippen MR) is 57.5 cm³/mol. The fourth-order valence-corrected chi connectivity index (χ4v) is 1.29. The number of aliphatic hydroxyl groups excluding tert-OH is 1. The molecular weight excluding hydrogens is 275 g/mol. The van der Waals surface area contributed by atoms with E-state index in [1.54, 1.807) is 0 Å². The van der Waals surface area contributed by atoms with Gasteiger partial charge in [-0.3, -0.25) is 4.79 Å². The van der Waals surface area contributed by atoms with E-state index < -0.39 is 24.7 Å². The Morgan fingerprint density at radius 3 is 2.61 bits per heavy atom. The van der Waals surface area contributed by atoms with Gasteiger partial charge in [0.2, 0.25) is 0 Å². The molecule has 0 heterocycles. The van der Waals surface area contributed by atoms with Crippen molar-refractivity contribution in [2.75, 3.05) is 6.54 Å². The average molecular weight is 284 g/mol. The monoisotopic (exact) mass is 283 g/mol.